The van der Waals surface area contributed by atoms with Gasteiger partial charge in [0.1, 0.15) is 6.04 Å². The van der Waals surface area contributed by atoms with Crippen LogP contribution in [0.2, 0.25) is 5.02 Å². The van der Waals surface area contributed by atoms with E-state index in [-0.39, 0.29) is 0 Å². The van der Waals surface area contributed by atoms with E-state index in [1.807, 2.05) is 19.1 Å². The zero-order valence-electron chi connectivity index (χ0n) is 14.4. The van der Waals surface area contributed by atoms with Gasteiger partial charge in [-0.15, -0.1) is 0 Å². The lowest BCUT2D eigenvalue weighted by Gasteiger charge is -2.30. The number of hydrogen-bond acceptors (Lipinski definition) is 3. The first-order valence-corrected chi connectivity index (χ1v) is 10.1. The maximum absolute atomic E-state index is 12.7. The number of nitrogens with zero attached hydrogens (tertiary/aromatic N) is 1. The fourth-order valence-corrected chi connectivity index (χ4v) is 3.92. The Labute approximate surface area is 153 Å². The number of carbonyl (C=O) groups excluding carboxylic acids is 1. The van der Waals surface area contributed by atoms with Gasteiger partial charge >= 0.3 is 0 Å². The third-order valence-corrected chi connectivity index (χ3v) is 5.13. The average molecular weight is 381 g/mol. The van der Waals surface area contributed by atoms with Gasteiger partial charge in [-0.05, 0) is 43.7 Å². The zero-order valence-corrected chi connectivity index (χ0v) is 15.9. The zero-order chi connectivity index (χ0) is 18.6. The van der Waals surface area contributed by atoms with E-state index in [0.29, 0.717) is 22.8 Å². The number of amides is 1. The second kappa shape index (κ2) is 7.89. The number of hydrogen-bond donors (Lipinski definition) is 1. The Balaban J connectivity index is 2.36. The van der Waals surface area contributed by atoms with Gasteiger partial charge < -0.3 is 5.32 Å². The van der Waals surface area contributed by atoms with Crippen LogP contribution < -0.4 is 9.62 Å². The molecule has 0 fully saturated rings. The average Bonchev–Trinajstić information content (AvgIpc) is 2.53. The van der Waals surface area contributed by atoms with Crippen molar-refractivity contribution in [2.75, 3.05) is 15.9 Å². The minimum absolute atomic E-state index is 0.317. The van der Waals surface area contributed by atoms with Gasteiger partial charge in [-0.25, -0.2) is 8.42 Å². The molecule has 1 atom stereocenters. The number of sulfonamides is 1. The van der Waals surface area contributed by atoms with Crippen LogP contribution in [0.1, 0.15) is 18.9 Å². The fraction of sp³-hybridized carbons (Fsp3) is 0.278. The summed E-state index contributed by atoms with van der Waals surface area (Å²) in [6.07, 6.45) is 1.40. The highest BCUT2D eigenvalue weighted by atomic mass is 35.5. The van der Waals surface area contributed by atoms with Crippen LogP contribution in [0, 0.1) is 6.92 Å². The van der Waals surface area contributed by atoms with E-state index in [2.05, 4.69) is 5.32 Å². The Kier molecular flexibility index (Phi) is 6.08. The minimum Gasteiger partial charge on any atom is -0.324 e. The van der Waals surface area contributed by atoms with E-state index in [1.54, 1.807) is 37.3 Å². The Bertz CT molecular complexity index is 851. The van der Waals surface area contributed by atoms with Crippen molar-refractivity contribution in [2.24, 2.45) is 0 Å². The Hall–Kier alpha value is -2.05. The first kappa shape index (κ1) is 19.3. The molecule has 2 aromatic carbocycles. The van der Waals surface area contributed by atoms with Crippen molar-refractivity contribution in [3.05, 3.63) is 59.1 Å². The number of carbonyl (C=O) groups is 1. The lowest BCUT2D eigenvalue weighted by Crippen LogP contribution is -2.47. The molecule has 0 spiro atoms. The fourth-order valence-electron chi connectivity index (χ4n) is 2.54. The second-order valence-electron chi connectivity index (χ2n) is 5.82. The summed E-state index contributed by atoms with van der Waals surface area (Å²) in [7, 11) is -3.68. The van der Waals surface area contributed by atoms with Gasteiger partial charge in [-0.1, -0.05) is 42.3 Å². The number of aryl methyl sites for hydroxylation is 1. The molecule has 0 aliphatic rings. The number of nitrogens with one attached hydrogen (secondary N) is 1. The molecule has 0 aromatic heterocycles. The third kappa shape index (κ3) is 4.96. The van der Waals surface area contributed by atoms with Crippen LogP contribution >= 0.6 is 11.6 Å². The summed E-state index contributed by atoms with van der Waals surface area (Å²) >= 11 is 5.99. The SMILES string of the molecule is CC[C@H](C(=O)Nc1ccc(C)cc1)N(c1cccc(Cl)c1)S(C)(=O)=O. The molecule has 0 bridgehead atoms. The molecule has 2 aromatic rings. The number of benzene rings is 2. The lowest BCUT2D eigenvalue weighted by atomic mass is 10.1. The molecular formula is C18H21ClN2O3S. The quantitative estimate of drug-likeness (QED) is 0.828. The molecule has 1 amide bonds. The van der Waals surface area contributed by atoms with Gasteiger partial charge in [0.15, 0.2) is 0 Å². The second-order valence-corrected chi connectivity index (χ2v) is 8.11. The van der Waals surface area contributed by atoms with Crippen molar-refractivity contribution < 1.29 is 13.2 Å². The van der Waals surface area contributed by atoms with Crippen LogP contribution in [0.3, 0.4) is 0 Å². The highest BCUT2D eigenvalue weighted by molar-refractivity contribution is 7.92. The van der Waals surface area contributed by atoms with Crippen LogP contribution in [0.25, 0.3) is 0 Å². The van der Waals surface area contributed by atoms with Crippen LogP contribution in [-0.4, -0.2) is 26.6 Å². The molecule has 134 valence electrons. The van der Waals surface area contributed by atoms with E-state index in [4.69, 9.17) is 11.6 Å². The maximum Gasteiger partial charge on any atom is 0.248 e. The summed E-state index contributed by atoms with van der Waals surface area (Å²) in [4.78, 5) is 12.7. The highest BCUT2D eigenvalue weighted by Gasteiger charge is 2.31. The van der Waals surface area contributed by atoms with Crippen molar-refractivity contribution in [1.29, 1.82) is 0 Å². The van der Waals surface area contributed by atoms with Gasteiger partial charge in [0.05, 0.1) is 11.9 Å². The topological polar surface area (TPSA) is 66.5 Å². The van der Waals surface area contributed by atoms with Crippen molar-refractivity contribution in [3.63, 3.8) is 0 Å². The Morgan fingerprint density at radius 3 is 2.36 bits per heavy atom. The highest BCUT2D eigenvalue weighted by Crippen LogP contribution is 2.26. The Morgan fingerprint density at radius 2 is 1.84 bits per heavy atom. The van der Waals surface area contributed by atoms with Gasteiger partial charge in [-0.3, -0.25) is 9.10 Å². The van der Waals surface area contributed by atoms with Crippen LogP contribution in [-0.2, 0) is 14.8 Å². The summed E-state index contributed by atoms with van der Waals surface area (Å²) in [5.74, 6) is -0.392. The van der Waals surface area contributed by atoms with E-state index >= 15 is 0 Å². The predicted molar refractivity (Wildman–Crippen MR) is 103 cm³/mol. The molecule has 0 saturated carbocycles. The van der Waals surface area contributed by atoms with Crippen molar-refractivity contribution in [2.45, 2.75) is 26.3 Å². The van der Waals surface area contributed by atoms with E-state index in [1.165, 1.54) is 6.07 Å². The summed E-state index contributed by atoms with van der Waals surface area (Å²) in [6.45, 7) is 3.72. The predicted octanol–water partition coefficient (Wildman–Crippen LogP) is 3.83. The molecule has 0 heterocycles. The van der Waals surface area contributed by atoms with Gasteiger partial charge in [0.25, 0.3) is 0 Å². The Morgan fingerprint density at radius 1 is 1.20 bits per heavy atom. The molecular weight excluding hydrogens is 360 g/mol. The first-order valence-electron chi connectivity index (χ1n) is 7.85. The summed E-state index contributed by atoms with van der Waals surface area (Å²) in [6, 6.07) is 12.9. The normalized spacial score (nSPS) is 12.5. The van der Waals surface area contributed by atoms with E-state index in [9.17, 15) is 13.2 Å². The smallest absolute Gasteiger partial charge is 0.248 e. The lowest BCUT2D eigenvalue weighted by molar-refractivity contribution is -0.117. The third-order valence-electron chi connectivity index (χ3n) is 3.71. The molecule has 0 aliphatic carbocycles. The summed E-state index contributed by atoms with van der Waals surface area (Å²) < 4.78 is 25.8. The van der Waals surface area contributed by atoms with E-state index in [0.717, 1.165) is 16.1 Å². The molecule has 0 radical (unpaired) electrons. The first-order chi connectivity index (χ1) is 11.7. The molecule has 1 N–H and O–H groups in total. The van der Waals surface area contributed by atoms with Crippen molar-refractivity contribution >= 4 is 38.9 Å². The van der Waals surface area contributed by atoms with Gasteiger partial charge in [0.2, 0.25) is 15.9 Å². The number of rotatable bonds is 6. The molecule has 0 saturated heterocycles. The van der Waals surface area contributed by atoms with E-state index < -0.39 is 22.0 Å². The maximum atomic E-state index is 12.7. The molecule has 25 heavy (non-hydrogen) atoms. The number of anilines is 2. The standard InChI is InChI=1S/C18H21ClN2O3S/c1-4-17(18(22)20-15-10-8-13(2)9-11-15)21(25(3,23)24)16-7-5-6-14(19)12-16/h5-12,17H,4H2,1-3H3,(H,20,22)/t17-/m1/s1. The van der Waals surface area contributed by atoms with Crippen LogP contribution in [0.5, 0.6) is 0 Å². The van der Waals surface area contributed by atoms with Crippen molar-refractivity contribution in [3.8, 4) is 0 Å². The van der Waals surface area contributed by atoms with Crippen molar-refractivity contribution in [1.82, 2.24) is 0 Å². The van der Waals surface area contributed by atoms with Crippen LogP contribution in [0.15, 0.2) is 48.5 Å². The number of halogens is 1. The summed E-state index contributed by atoms with van der Waals surface area (Å²) in [5, 5.41) is 3.18. The molecule has 0 unspecified atom stereocenters. The van der Waals surface area contributed by atoms with Gasteiger partial charge in [0, 0.05) is 10.7 Å². The molecule has 0 aliphatic heterocycles. The molecule has 5 nitrogen and oxygen atoms in total. The van der Waals surface area contributed by atoms with Gasteiger partial charge in [-0.2, -0.15) is 0 Å². The summed E-state index contributed by atoms with van der Waals surface area (Å²) in [5.41, 5.74) is 2.05. The molecule has 2 rings (SSSR count). The van der Waals surface area contributed by atoms with Crippen LogP contribution in [0.4, 0.5) is 11.4 Å². The minimum atomic E-state index is -3.68. The monoisotopic (exact) mass is 380 g/mol. The largest absolute Gasteiger partial charge is 0.324 e. The molecule has 7 heteroatoms.